The summed E-state index contributed by atoms with van der Waals surface area (Å²) in [4.78, 5) is 18.6. The van der Waals surface area contributed by atoms with E-state index in [1.165, 1.54) is 0 Å². The number of carbonyl (C=O) groups excluding carboxylic acids is 1. The fourth-order valence-corrected chi connectivity index (χ4v) is 2.35. The van der Waals surface area contributed by atoms with E-state index in [2.05, 4.69) is 20.5 Å². The monoisotopic (exact) mass is 282 g/mol. The average molecular weight is 282 g/mol. The number of anilines is 2. The first-order valence-corrected chi connectivity index (χ1v) is 7.11. The van der Waals surface area contributed by atoms with Crippen molar-refractivity contribution in [1.82, 2.24) is 10.3 Å². The minimum absolute atomic E-state index is 0.141. The third kappa shape index (κ3) is 3.38. The number of piperazine rings is 1. The molecule has 1 aliphatic rings. The largest absolute Gasteiger partial charge is 0.368 e. The number of rotatable bonds is 3. The van der Waals surface area contributed by atoms with Crippen molar-refractivity contribution in [2.45, 2.75) is 0 Å². The number of hydrogen-bond donors (Lipinski definition) is 2. The maximum absolute atomic E-state index is 12.0. The molecule has 0 atom stereocenters. The highest BCUT2D eigenvalue weighted by Gasteiger charge is 2.11. The highest BCUT2D eigenvalue weighted by Crippen LogP contribution is 2.16. The molecule has 2 aromatic rings. The molecule has 1 aromatic heterocycles. The first-order valence-electron chi connectivity index (χ1n) is 7.11. The van der Waals surface area contributed by atoms with Crippen molar-refractivity contribution in [3.63, 3.8) is 0 Å². The Morgan fingerprint density at radius 1 is 1.10 bits per heavy atom. The molecular formula is C16H18N4O. The fraction of sp³-hybridized carbons (Fsp3) is 0.250. The molecule has 5 heteroatoms. The second-order valence-electron chi connectivity index (χ2n) is 4.96. The smallest absolute Gasteiger partial charge is 0.256 e. The summed E-state index contributed by atoms with van der Waals surface area (Å²) in [6.07, 6.45) is 1.81. The van der Waals surface area contributed by atoms with Crippen LogP contribution in [0.4, 0.5) is 11.5 Å². The maximum Gasteiger partial charge on any atom is 0.256 e. The Balaban J connectivity index is 1.65. The van der Waals surface area contributed by atoms with Crippen LogP contribution < -0.4 is 15.5 Å². The van der Waals surface area contributed by atoms with Gasteiger partial charge < -0.3 is 15.5 Å². The summed E-state index contributed by atoms with van der Waals surface area (Å²) in [6, 6.07) is 13.0. The van der Waals surface area contributed by atoms with Crippen LogP contribution in [0.3, 0.4) is 0 Å². The molecule has 3 rings (SSSR count). The van der Waals surface area contributed by atoms with Gasteiger partial charge in [-0.3, -0.25) is 4.79 Å². The molecule has 5 nitrogen and oxygen atoms in total. The van der Waals surface area contributed by atoms with Crippen molar-refractivity contribution in [1.29, 1.82) is 0 Å². The summed E-state index contributed by atoms with van der Waals surface area (Å²) in [5.41, 5.74) is 1.72. The predicted octanol–water partition coefficient (Wildman–Crippen LogP) is 1.74. The number of nitrogens with zero attached hydrogens (tertiary/aromatic N) is 2. The van der Waals surface area contributed by atoms with Gasteiger partial charge in [0.2, 0.25) is 0 Å². The lowest BCUT2D eigenvalue weighted by Gasteiger charge is -2.29. The summed E-state index contributed by atoms with van der Waals surface area (Å²) < 4.78 is 0. The normalized spacial score (nSPS) is 14.8. The SMILES string of the molecule is O=C(Nc1ccc(N2CCNCC2)cn1)c1ccccc1. The van der Waals surface area contributed by atoms with E-state index < -0.39 is 0 Å². The molecule has 0 saturated carbocycles. The first-order chi connectivity index (χ1) is 10.3. The summed E-state index contributed by atoms with van der Waals surface area (Å²) in [7, 11) is 0. The van der Waals surface area contributed by atoms with Gasteiger partial charge in [-0.2, -0.15) is 0 Å². The van der Waals surface area contributed by atoms with Crippen molar-refractivity contribution >= 4 is 17.4 Å². The summed E-state index contributed by atoms with van der Waals surface area (Å²) >= 11 is 0. The Morgan fingerprint density at radius 2 is 1.86 bits per heavy atom. The van der Waals surface area contributed by atoms with Gasteiger partial charge >= 0.3 is 0 Å². The molecule has 0 aliphatic carbocycles. The van der Waals surface area contributed by atoms with E-state index >= 15 is 0 Å². The van der Waals surface area contributed by atoms with Gasteiger partial charge in [0, 0.05) is 31.7 Å². The standard InChI is InChI=1S/C16H18N4O/c21-16(13-4-2-1-3-5-13)19-15-7-6-14(12-18-15)20-10-8-17-9-11-20/h1-7,12,17H,8-11H2,(H,18,19,21). The lowest BCUT2D eigenvalue weighted by atomic mass is 10.2. The topological polar surface area (TPSA) is 57.3 Å². The molecule has 2 heterocycles. The lowest BCUT2D eigenvalue weighted by Crippen LogP contribution is -2.43. The van der Waals surface area contributed by atoms with Crippen LogP contribution >= 0.6 is 0 Å². The number of aromatic nitrogens is 1. The highest BCUT2D eigenvalue weighted by molar-refractivity contribution is 6.03. The minimum atomic E-state index is -0.141. The molecule has 1 aliphatic heterocycles. The molecule has 0 unspecified atom stereocenters. The van der Waals surface area contributed by atoms with Gasteiger partial charge in [0.05, 0.1) is 11.9 Å². The van der Waals surface area contributed by atoms with Crippen LogP contribution in [-0.2, 0) is 0 Å². The van der Waals surface area contributed by atoms with Gasteiger partial charge in [-0.05, 0) is 24.3 Å². The molecule has 0 radical (unpaired) electrons. The number of benzene rings is 1. The van der Waals surface area contributed by atoms with Gasteiger partial charge in [0.25, 0.3) is 5.91 Å². The number of carbonyl (C=O) groups is 1. The quantitative estimate of drug-likeness (QED) is 0.900. The Hall–Kier alpha value is -2.40. The van der Waals surface area contributed by atoms with E-state index in [-0.39, 0.29) is 5.91 Å². The van der Waals surface area contributed by atoms with Crippen LogP contribution in [0.5, 0.6) is 0 Å². The number of amides is 1. The lowest BCUT2D eigenvalue weighted by molar-refractivity contribution is 0.102. The average Bonchev–Trinajstić information content (AvgIpc) is 2.57. The van der Waals surface area contributed by atoms with Crippen molar-refractivity contribution in [2.24, 2.45) is 0 Å². The molecule has 21 heavy (non-hydrogen) atoms. The third-order valence-electron chi connectivity index (χ3n) is 3.51. The van der Waals surface area contributed by atoms with Crippen molar-refractivity contribution in [3.8, 4) is 0 Å². The van der Waals surface area contributed by atoms with Crippen LogP contribution in [0.25, 0.3) is 0 Å². The molecular weight excluding hydrogens is 264 g/mol. The van der Waals surface area contributed by atoms with Crippen molar-refractivity contribution < 1.29 is 4.79 Å². The van der Waals surface area contributed by atoms with Crippen LogP contribution in [0.1, 0.15) is 10.4 Å². The summed E-state index contributed by atoms with van der Waals surface area (Å²) in [5, 5.41) is 6.13. The van der Waals surface area contributed by atoms with Gasteiger partial charge in [-0.25, -0.2) is 4.98 Å². The van der Waals surface area contributed by atoms with E-state index in [1.54, 1.807) is 12.1 Å². The zero-order valence-electron chi connectivity index (χ0n) is 11.7. The molecule has 0 spiro atoms. The molecule has 2 N–H and O–H groups in total. The Morgan fingerprint density at radius 3 is 2.52 bits per heavy atom. The molecule has 1 saturated heterocycles. The molecule has 108 valence electrons. The second kappa shape index (κ2) is 6.37. The zero-order valence-corrected chi connectivity index (χ0v) is 11.7. The Kier molecular flexibility index (Phi) is 4.12. The molecule has 0 bridgehead atoms. The first kappa shape index (κ1) is 13.6. The van der Waals surface area contributed by atoms with E-state index in [0.717, 1.165) is 31.9 Å². The number of hydrogen-bond acceptors (Lipinski definition) is 4. The summed E-state index contributed by atoms with van der Waals surface area (Å²) in [6.45, 7) is 3.95. The van der Waals surface area contributed by atoms with Gasteiger partial charge in [0.1, 0.15) is 5.82 Å². The zero-order chi connectivity index (χ0) is 14.5. The number of nitrogens with one attached hydrogen (secondary N) is 2. The summed E-state index contributed by atoms with van der Waals surface area (Å²) in [5.74, 6) is 0.431. The molecule has 1 fully saturated rings. The highest BCUT2D eigenvalue weighted by atomic mass is 16.1. The Labute approximate surface area is 124 Å². The fourth-order valence-electron chi connectivity index (χ4n) is 2.35. The number of pyridine rings is 1. The van der Waals surface area contributed by atoms with Gasteiger partial charge in [0.15, 0.2) is 0 Å². The van der Waals surface area contributed by atoms with E-state index in [9.17, 15) is 4.79 Å². The van der Waals surface area contributed by atoms with Crippen LogP contribution in [0.15, 0.2) is 48.7 Å². The molecule has 1 aromatic carbocycles. The second-order valence-corrected chi connectivity index (χ2v) is 4.96. The minimum Gasteiger partial charge on any atom is -0.368 e. The Bertz CT molecular complexity index is 591. The maximum atomic E-state index is 12.0. The van der Waals surface area contributed by atoms with Crippen molar-refractivity contribution in [3.05, 3.63) is 54.2 Å². The van der Waals surface area contributed by atoms with Crippen LogP contribution in [-0.4, -0.2) is 37.1 Å². The third-order valence-corrected chi connectivity index (χ3v) is 3.51. The van der Waals surface area contributed by atoms with Gasteiger partial charge in [-0.1, -0.05) is 18.2 Å². The van der Waals surface area contributed by atoms with E-state index in [1.807, 2.05) is 36.5 Å². The molecule has 1 amide bonds. The van der Waals surface area contributed by atoms with E-state index in [4.69, 9.17) is 0 Å². The predicted molar refractivity (Wildman–Crippen MR) is 83.7 cm³/mol. The van der Waals surface area contributed by atoms with Gasteiger partial charge in [-0.15, -0.1) is 0 Å². The van der Waals surface area contributed by atoms with Crippen LogP contribution in [0, 0.1) is 0 Å². The van der Waals surface area contributed by atoms with E-state index in [0.29, 0.717) is 11.4 Å². The van der Waals surface area contributed by atoms with Crippen molar-refractivity contribution in [2.75, 3.05) is 36.4 Å². The van der Waals surface area contributed by atoms with Crippen LogP contribution in [0.2, 0.25) is 0 Å².